The molecule has 5 nitrogen and oxygen atoms in total. The van der Waals surface area contributed by atoms with Crippen molar-refractivity contribution in [3.8, 4) is 0 Å². The van der Waals surface area contributed by atoms with E-state index in [0.717, 1.165) is 17.7 Å². The first-order valence-corrected chi connectivity index (χ1v) is 6.61. The number of hydrogen-bond acceptors (Lipinski definition) is 4. The second kappa shape index (κ2) is 6.59. The van der Waals surface area contributed by atoms with Gasteiger partial charge in [0.1, 0.15) is 14.5 Å². The van der Waals surface area contributed by atoms with Gasteiger partial charge in [0.05, 0.1) is 12.7 Å². The predicted molar refractivity (Wildman–Crippen MR) is 77.5 cm³/mol. The van der Waals surface area contributed by atoms with E-state index in [9.17, 15) is 9.90 Å². The zero-order valence-electron chi connectivity index (χ0n) is 11.1. The number of morpholine rings is 1. The van der Waals surface area contributed by atoms with E-state index in [1.807, 2.05) is 32.1 Å². The van der Waals surface area contributed by atoms with Crippen molar-refractivity contribution in [3.05, 3.63) is 24.3 Å². The maximum Gasteiger partial charge on any atom is 0.253 e. The number of nitrogens with zero attached hydrogens (tertiary/aromatic N) is 1. The number of ether oxygens (including phenoxy) is 1. The Morgan fingerprint density at radius 3 is 2.79 bits per heavy atom. The van der Waals surface area contributed by atoms with Gasteiger partial charge >= 0.3 is 0 Å². The summed E-state index contributed by atoms with van der Waals surface area (Å²) in [5.74, 6) is -0.00614. The summed E-state index contributed by atoms with van der Waals surface area (Å²) < 4.78 is 5.10. The van der Waals surface area contributed by atoms with Gasteiger partial charge < -0.3 is 20.1 Å². The van der Waals surface area contributed by atoms with Crippen molar-refractivity contribution >= 4 is 25.1 Å². The normalized spacial score (nSPS) is 17.3. The first kappa shape index (κ1) is 13.9. The summed E-state index contributed by atoms with van der Waals surface area (Å²) in [6, 6.07) is 7.65. The van der Waals surface area contributed by atoms with Crippen LogP contribution in [0.1, 0.15) is 0 Å². The van der Waals surface area contributed by atoms with Crippen molar-refractivity contribution < 1.29 is 14.6 Å². The molecule has 1 aliphatic heterocycles. The highest BCUT2D eigenvalue weighted by atomic mass is 16.5. The average molecular weight is 262 g/mol. The Hall–Kier alpha value is -1.53. The maximum atomic E-state index is 11.7. The number of carbonyl (C=O) groups excluding carboxylic acids is 1. The van der Waals surface area contributed by atoms with Gasteiger partial charge in [0.25, 0.3) is 5.91 Å². The van der Waals surface area contributed by atoms with Gasteiger partial charge in [-0.1, -0.05) is 6.32 Å². The molecular formula is C13H19BN2O3. The van der Waals surface area contributed by atoms with Crippen molar-refractivity contribution in [2.45, 2.75) is 12.4 Å². The first-order chi connectivity index (χ1) is 9.20. The van der Waals surface area contributed by atoms with E-state index in [4.69, 9.17) is 4.74 Å². The topological polar surface area (TPSA) is 61.8 Å². The Balaban J connectivity index is 1.95. The monoisotopic (exact) mass is 262 g/mol. The number of anilines is 2. The molecule has 0 bridgehead atoms. The van der Waals surface area contributed by atoms with Crippen LogP contribution < -0.4 is 10.2 Å². The van der Waals surface area contributed by atoms with Crippen molar-refractivity contribution in [1.82, 2.24) is 0 Å². The molecule has 0 spiro atoms. The number of aliphatic hydroxyl groups is 1. The summed E-state index contributed by atoms with van der Waals surface area (Å²) in [7, 11) is 1.94. The van der Waals surface area contributed by atoms with E-state index in [0.29, 0.717) is 19.7 Å². The lowest BCUT2D eigenvalue weighted by molar-refractivity contribution is -0.125. The molecule has 0 saturated carbocycles. The molecule has 0 unspecified atom stereocenters. The Labute approximate surface area is 114 Å². The van der Waals surface area contributed by atoms with Crippen LogP contribution in [0.3, 0.4) is 0 Å². The minimum absolute atomic E-state index is 0.00614. The summed E-state index contributed by atoms with van der Waals surface area (Å²) >= 11 is 0. The molecule has 0 aromatic heterocycles. The lowest BCUT2D eigenvalue weighted by Gasteiger charge is -2.27. The van der Waals surface area contributed by atoms with Crippen LogP contribution in [0, 0.1) is 0 Å². The summed E-state index contributed by atoms with van der Waals surface area (Å²) in [5.41, 5.74) is 1.83. The Morgan fingerprint density at radius 1 is 1.42 bits per heavy atom. The second-order valence-corrected chi connectivity index (χ2v) is 4.59. The minimum atomic E-state index is -0.333. The Bertz CT molecular complexity index is 424. The number of benzene rings is 1. The SMILES string of the molecule is BC[C@H](O)CNc1ccc(N2CCOCC2=O)cc1. The molecule has 19 heavy (non-hydrogen) atoms. The smallest absolute Gasteiger partial charge is 0.253 e. The molecule has 1 fully saturated rings. The van der Waals surface area contributed by atoms with E-state index < -0.39 is 0 Å². The highest BCUT2D eigenvalue weighted by Gasteiger charge is 2.19. The fourth-order valence-electron chi connectivity index (χ4n) is 1.93. The van der Waals surface area contributed by atoms with E-state index in [-0.39, 0.29) is 18.6 Å². The fourth-order valence-corrected chi connectivity index (χ4v) is 1.93. The van der Waals surface area contributed by atoms with Crippen LogP contribution in [0.4, 0.5) is 11.4 Å². The number of aliphatic hydroxyl groups excluding tert-OH is 1. The molecule has 1 saturated heterocycles. The van der Waals surface area contributed by atoms with Gasteiger partial charge in [-0.3, -0.25) is 4.79 Å². The van der Waals surface area contributed by atoms with Gasteiger partial charge in [0.2, 0.25) is 0 Å². The lowest BCUT2D eigenvalue weighted by Crippen LogP contribution is -2.41. The summed E-state index contributed by atoms with van der Waals surface area (Å²) in [5, 5.41) is 12.6. The number of amides is 1. The third kappa shape index (κ3) is 3.72. The van der Waals surface area contributed by atoms with Crippen LogP contribution in [0.25, 0.3) is 0 Å². The molecule has 102 valence electrons. The van der Waals surface area contributed by atoms with Gasteiger partial charge in [-0.05, 0) is 24.3 Å². The second-order valence-electron chi connectivity index (χ2n) is 4.59. The molecule has 6 heteroatoms. The zero-order valence-corrected chi connectivity index (χ0v) is 11.1. The molecule has 1 amide bonds. The summed E-state index contributed by atoms with van der Waals surface area (Å²) in [6.45, 7) is 1.86. The number of hydrogen-bond donors (Lipinski definition) is 2. The predicted octanol–water partition coefficient (Wildman–Crippen LogP) is -0.126. The van der Waals surface area contributed by atoms with Crippen molar-refractivity contribution in [2.75, 3.05) is 36.5 Å². The molecule has 0 aliphatic carbocycles. The van der Waals surface area contributed by atoms with Gasteiger partial charge in [0, 0.05) is 24.5 Å². The molecule has 1 aromatic rings. The van der Waals surface area contributed by atoms with Gasteiger partial charge in [-0.25, -0.2) is 0 Å². The van der Waals surface area contributed by atoms with Crippen molar-refractivity contribution in [2.24, 2.45) is 0 Å². The lowest BCUT2D eigenvalue weighted by atomic mass is 9.99. The zero-order chi connectivity index (χ0) is 13.7. The van der Waals surface area contributed by atoms with E-state index in [1.54, 1.807) is 4.90 Å². The molecule has 1 atom stereocenters. The number of rotatable bonds is 5. The van der Waals surface area contributed by atoms with Crippen molar-refractivity contribution in [3.63, 3.8) is 0 Å². The molecular weight excluding hydrogens is 243 g/mol. The molecule has 1 heterocycles. The quantitative estimate of drug-likeness (QED) is 0.726. The van der Waals surface area contributed by atoms with Gasteiger partial charge in [-0.2, -0.15) is 0 Å². The van der Waals surface area contributed by atoms with Gasteiger partial charge in [-0.15, -0.1) is 0 Å². The number of carbonyl (C=O) groups is 1. The van der Waals surface area contributed by atoms with Gasteiger partial charge in [0.15, 0.2) is 0 Å². The third-order valence-corrected chi connectivity index (χ3v) is 3.18. The van der Waals surface area contributed by atoms with Crippen molar-refractivity contribution in [1.29, 1.82) is 0 Å². The first-order valence-electron chi connectivity index (χ1n) is 6.61. The average Bonchev–Trinajstić information content (AvgIpc) is 2.46. The molecule has 1 aromatic carbocycles. The summed E-state index contributed by atoms with van der Waals surface area (Å²) in [4.78, 5) is 13.4. The highest BCUT2D eigenvalue weighted by Crippen LogP contribution is 2.19. The van der Waals surface area contributed by atoms with Crippen LogP contribution in [-0.2, 0) is 9.53 Å². The van der Waals surface area contributed by atoms with E-state index >= 15 is 0 Å². The molecule has 2 N–H and O–H groups in total. The van der Waals surface area contributed by atoms with Crippen LogP contribution in [0.5, 0.6) is 0 Å². The van der Waals surface area contributed by atoms with E-state index in [2.05, 4.69) is 5.32 Å². The van der Waals surface area contributed by atoms with Crippen LogP contribution in [0.15, 0.2) is 24.3 Å². The van der Waals surface area contributed by atoms with Crippen LogP contribution >= 0.6 is 0 Å². The summed E-state index contributed by atoms with van der Waals surface area (Å²) in [6.07, 6.45) is 0.397. The van der Waals surface area contributed by atoms with Crippen LogP contribution in [-0.4, -0.2) is 51.3 Å². The van der Waals surface area contributed by atoms with E-state index in [1.165, 1.54) is 0 Å². The molecule has 1 aliphatic rings. The third-order valence-electron chi connectivity index (χ3n) is 3.18. The fraction of sp³-hybridized carbons (Fsp3) is 0.462. The molecule has 2 rings (SSSR count). The Kier molecular flexibility index (Phi) is 4.82. The van der Waals surface area contributed by atoms with Crippen LogP contribution in [0.2, 0.25) is 6.32 Å². The number of nitrogens with one attached hydrogen (secondary N) is 1. The minimum Gasteiger partial charge on any atom is -0.392 e. The highest BCUT2D eigenvalue weighted by molar-refractivity contribution is 6.08. The largest absolute Gasteiger partial charge is 0.392 e. The molecule has 0 radical (unpaired) electrons. The Morgan fingerprint density at radius 2 is 2.16 bits per heavy atom. The maximum absolute atomic E-state index is 11.7. The standard InChI is InChI=1S/C13H19BN2O3/c14-7-12(17)8-15-10-1-3-11(4-2-10)16-5-6-19-9-13(16)18/h1-4,12,15,17H,5-9,14H2/t12-/m0/s1.